The van der Waals surface area contributed by atoms with E-state index in [4.69, 9.17) is 4.74 Å². The number of carboxylic acid groups (broad SMARTS) is 1. The van der Waals surface area contributed by atoms with Crippen LogP contribution in [0.1, 0.15) is 36.5 Å². The van der Waals surface area contributed by atoms with Crippen molar-refractivity contribution < 1.29 is 23.8 Å². The van der Waals surface area contributed by atoms with Crippen LogP contribution in [0.25, 0.3) is 11.1 Å². The monoisotopic (exact) mass is 433 g/mol. The molecule has 5 nitrogen and oxygen atoms in total. The number of alkyl carbamates (subject to hydrolysis) is 1. The van der Waals surface area contributed by atoms with Crippen LogP contribution in [0.2, 0.25) is 0 Å². The van der Waals surface area contributed by atoms with Crippen molar-refractivity contribution >= 4 is 12.1 Å². The summed E-state index contributed by atoms with van der Waals surface area (Å²) in [5.74, 6) is -1.74. The van der Waals surface area contributed by atoms with Crippen molar-refractivity contribution in [2.45, 2.75) is 31.2 Å². The number of carboxylic acids is 1. The molecule has 2 N–H and O–H groups in total. The smallest absolute Gasteiger partial charge is 0.407 e. The van der Waals surface area contributed by atoms with Crippen molar-refractivity contribution in [2.75, 3.05) is 6.61 Å². The molecule has 1 amide bonds. The fourth-order valence-electron chi connectivity index (χ4n) is 4.35. The van der Waals surface area contributed by atoms with Gasteiger partial charge >= 0.3 is 12.1 Å². The van der Waals surface area contributed by atoms with Gasteiger partial charge in [-0.25, -0.2) is 14.0 Å². The Labute approximate surface area is 185 Å². The maximum atomic E-state index is 13.3. The molecule has 0 heterocycles. The van der Waals surface area contributed by atoms with Gasteiger partial charge in [0.25, 0.3) is 0 Å². The molecular weight excluding hydrogens is 409 g/mol. The Morgan fingerprint density at radius 1 is 0.969 bits per heavy atom. The molecule has 32 heavy (non-hydrogen) atoms. The standard InChI is InChI=1S/C26H24FNO4/c1-26(2,16-11-13-17(27)14-12-16)23(24(29)30)28-25(31)32-15-22-20-9-5-3-7-18(20)19-8-4-6-10-21(19)22/h3-14,22-23H,15H2,1-2H3,(H,28,31)(H,29,30). The lowest BCUT2D eigenvalue weighted by Crippen LogP contribution is -2.52. The number of amides is 1. The van der Waals surface area contributed by atoms with E-state index in [0.717, 1.165) is 22.3 Å². The van der Waals surface area contributed by atoms with Crippen LogP contribution in [0.4, 0.5) is 9.18 Å². The largest absolute Gasteiger partial charge is 0.480 e. The molecule has 0 saturated heterocycles. The molecule has 0 bridgehead atoms. The highest BCUT2D eigenvalue weighted by atomic mass is 19.1. The van der Waals surface area contributed by atoms with E-state index in [2.05, 4.69) is 5.32 Å². The van der Waals surface area contributed by atoms with Gasteiger partial charge in [-0.2, -0.15) is 0 Å². The van der Waals surface area contributed by atoms with E-state index in [1.807, 2.05) is 48.5 Å². The Balaban J connectivity index is 1.49. The van der Waals surface area contributed by atoms with E-state index in [-0.39, 0.29) is 12.5 Å². The molecule has 0 aliphatic heterocycles. The van der Waals surface area contributed by atoms with E-state index in [1.54, 1.807) is 13.8 Å². The summed E-state index contributed by atoms with van der Waals surface area (Å²) in [6.45, 7) is 3.45. The van der Waals surface area contributed by atoms with E-state index in [0.29, 0.717) is 5.56 Å². The topological polar surface area (TPSA) is 75.6 Å². The number of carbonyl (C=O) groups is 2. The first kappa shape index (κ1) is 21.6. The first-order chi connectivity index (χ1) is 15.3. The van der Waals surface area contributed by atoms with Gasteiger partial charge in [0.1, 0.15) is 18.5 Å². The van der Waals surface area contributed by atoms with Crippen LogP contribution in [0.5, 0.6) is 0 Å². The van der Waals surface area contributed by atoms with Crippen molar-refractivity contribution in [2.24, 2.45) is 0 Å². The van der Waals surface area contributed by atoms with Gasteiger partial charge in [0.05, 0.1) is 0 Å². The summed E-state index contributed by atoms with van der Waals surface area (Å²) < 4.78 is 18.8. The molecule has 1 aliphatic carbocycles. The highest BCUT2D eigenvalue weighted by molar-refractivity contribution is 5.82. The zero-order chi connectivity index (χ0) is 22.9. The lowest BCUT2D eigenvalue weighted by Gasteiger charge is -2.32. The number of aliphatic carboxylic acids is 1. The Hall–Kier alpha value is -3.67. The van der Waals surface area contributed by atoms with Crippen molar-refractivity contribution in [3.8, 4) is 11.1 Å². The van der Waals surface area contributed by atoms with Crippen molar-refractivity contribution in [3.63, 3.8) is 0 Å². The maximum Gasteiger partial charge on any atom is 0.407 e. The third kappa shape index (κ3) is 3.96. The van der Waals surface area contributed by atoms with Gasteiger partial charge in [0.2, 0.25) is 0 Å². The van der Waals surface area contributed by atoms with E-state index < -0.39 is 29.3 Å². The number of nitrogens with one attached hydrogen (secondary N) is 1. The number of ether oxygens (including phenoxy) is 1. The number of hydrogen-bond donors (Lipinski definition) is 2. The molecule has 0 aromatic heterocycles. The van der Waals surface area contributed by atoms with Crippen LogP contribution in [0.3, 0.4) is 0 Å². The van der Waals surface area contributed by atoms with Gasteiger partial charge in [0, 0.05) is 11.3 Å². The van der Waals surface area contributed by atoms with Crippen molar-refractivity contribution in [1.29, 1.82) is 0 Å². The van der Waals surface area contributed by atoms with Crippen LogP contribution in [-0.2, 0) is 14.9 Å². The van der Waals surface area contributed by atoms with E-state index in [1.165, 1.54) is 24.3 Å². The molecule has 1 atom stereocenters. The fourth-order valence-corrected chi connectivity index (χ4v) is 4.35. The summed E-state index contributed by atoms with van der Waals surface area (Å²) in [6.07, 6.45) is -0.811. The predicted octanol–water partition coefficient (Wildman–Crippen LogP) is 5.10. The van der Waals surface area contributed by atoms with Crippen LogP contribution >= 0.6 is 0 Å². The predicted molar refractivity (Wildman–Crippen MR) is 119 cm³/mol. The minimum absolute atomic E-state index is 0.0865. The molecule has 4 rings (SSSR count). The Kier molecular flexibility index (Phi) is 5.70. The number of carbonyl (C=O) groups excluding carboxylic acids is 1. The molecular formula is C26H24FNO4. The SMILES string of the molecule is CC(C)(c1ccc(F)cc1)C(NC(=O)OCC1c2ccccc2-c2ccccc21)C(=O)O. The van der Waals surface area contributed by atoms with Gasteiger partial charge < -0.3 is 15.2 Å². The Bertz CT molecular complexity index is 1110. The van der Waals surface area contributed by atoms with Crippen LogP contribution < -0.4 is 5.32 Å². The summed E-state index contributed by atoms with van der Waals surface area (Å²) in [4.78, 5) is 24.6. The second-order valence-corrected chi connectivity index (χ2v) is 8.47. The normalized spacial score (nSPS) is 13.7. The first-order valence-electron chi connectivity index (χ1n) is 10.4. The average Bonchev–Trinajstić information content (AvgIpc) is 3.10. The lowest BCUT2D eigenvalue weighted by atomic mass is 9.77. The van der Waals surface area contributed by atoms with Gasteiger partial charge in [-0.3, -0.25) is 0 Å². The molecule has 6 heteroatoms. The Morgan fingerprint density at radius 3 is 2.03 bits per heavy atom. The summed E-state index contributed by atoms with van der Waals surface area (Å²) in [7, 11) is 0. The van der Waals surface area contributed by atoms with E-state index in [9.17, 15) is 19.1 Å². The van der Waals surface area contributed by atoms with Crippen molar-refractivity contribution in [3.05, 3.63) is 95.3 Å². The number of halogens is 1. The minimum atomic E-state index is -1.26. The molecule has 0 fully saturated rings. The Morgan fingerprint density at radius 2 is 1.50 bits per heavy atom. The summed E-state index contributed by atoms with van der Waals surface area (Å²) in [5.41, 5.74) is 3.96. The zero-order valence-electron chi connectivity index (χ0n) is 17.8. The number of benzene rings is 3. The molecule has 0 spiro atoms. The third-order valence-corrected chi connectivity index (χ3v) is 6.16. The maximum absolute atomic E-state index is 13.3. The first-order valence-corrected chi connectivity index (χ1v) is 10.4. The van der Waals surface area contributed by atoms with Gasteiger partial charge in [-0.1, -0.05) is 74.5 Å². The van der Waals surface area contributed by atoms with E-state index >= 15 is 0 Å². The summed E-state index contributed by atoms with van der Waals surface area (Å²) in [5, 5.41) is 12.3. The molecule has 164 valence electrons. The molecule has 1 unspecified atom stereocenters. The number of hydrogen-bond acceptors (Lipinski definition) is 3. The van der Waals surface area contributed by atoms with Crippen LogP contribution in [-0.4, -0.2) is 29.8 Å². The molecule has 3 aromatic rings. The zero-order valence-corrected chi connectivity index (χ0v) is 17.8. The molecule has 3 aromatic carbocycles. The van der Waals surface area contributed by atoms with Crippen LogP contribution in [0, 0.1) is 5.82 Å². The summed E-state index contributed by atoms with van der Waals surface area (Å²) >= 11 is 0. The van der Waals surface area contributed by atoms with Crippen molar-refractivity contribution in [1.82, 2.24) is 5.32 Å². The second kappa shape index (κ2) is 8.46. The number of fused-ring (bicyclic) bond motifs is 3. The molecule has 0 saturated carbocycles. The van der Waals surface area contributed by atoms with Crippen LogP contribution in [0.15, 0.2) is 72.8 Å². The third-order valence-electron chi connectivity index (χ3n) is 6.16. The average molecular weight is 433 g/mol. The molecule has 0 radical (unpaired) electrons. The van der Waals surface area contributed by atoms with Gasteiger partial charge in [-0.05, 0) is 39.9 Å². The van der Waals surface area contributed by atoms with Gasteiger partial charge in [0.15, 0.2) is 0 Å². The summed E-state index contributed by atoms with van der Waals surface area (Å²) in [6, 6.07) is 20.3. The highest BCUT2D eigenvalue weighted by Gasteiger charge is 2.39. The number of rotatable bonds is 6. The van der Waals surface area contributed by atoms with Gasteiger partial charge in [-0.15, -0.1) is 0 Å². The quantitative estimate of drug-likeness (QED) is 0.567. The lowest BCUT2D eigenvalue weighted by molar-refractivity contribution is -0.141. The highest BCUT2D eigenvalue weighted by Crippen LogP contribution is 2.44. The molecule has 1 aliphatic rings. The second-order valence-electron chi connectivity index (χ2n) is 8.47. The fraction of sp³-hybridized carbons (Fsp3) is 0.231. The minimum Gasteiger partial charge on any atom is -0.480 e.